The van der Waals surface area contributed by atoms with Crippen molar-refractivity contribution in [2.75, 3.05) is 5.73 Å². The van der Waals surface area contributed by atoms with Gasteiger partial charge in [-0.2, -0.15) is 0 Å². The zero-order valence-electron chi connectivity index (χ0n) is 12.2. The van der Waals surface area contributed by atoms with E-state index in [4.69, 9.17) is 15.9 Å². The number of para-hydroxylation sites is 1. The predicted molar refractivity (Wildman–Crippen MR) is 90.3 cm³/mol. The van der Waals surface area contributed by atoms with E-state index in [1.807, 2.05) is 30.3 Å². The number of carbonyl (C=O) groups excluding carboxylic acids is 1. The highest BCUT2D eigenvalue weighted by atomic mass is 32.1. The molecule has 4 aromatic rings. The van der Waals surface area contributed by atoms with Gasteiger partial charge in [0.2, 0.25) is 0 Å². The van der Waals surface area contributed by atoms with E-state index in [9.17, 15) is 4.79 Å². The fraction of sp³-hybridized carbons (Fsp3) is 0.0625. The van der Waals surface area contributed by atoms with Crippen LogP contribution in [0, 0.1) is 6.92 Å². The van der Waals surface area contributed by atoms with E-state index in [-0.39, 0.29) is 4.88 Å². The number of thiophene rings is 1. The van der Waals surface area contributed by atoms with Crippen molar-refractivity contribution in [1.82, 2.24) is 9.97 Å². The molecule has 1 amide bonds. The van der Waals surface area contributed by atoms with E-state index in [0.717, 1.165) is 11.0 Å². The van der Waals surface area contributed by atoms with Crippen LogP contribution in [0.2, 0.25) is 0 Å². The van der Waals surface area contributed by atoms with Gasteiger partial charge in [-0.1, -0.05) is 18.2 Å². The molecule has 0 aliphatic carbocycles. The summed E-state index contributed by atoms with van der Waals surface area (Å²) in [6.07, 6.45) is 0. The minimum absolute atomic E-state index is 0.289. The number of aromatic nitrogens is 2. The van der Waals surface area contributed by atoms with Crippen LogP contribution in [0.1, 0.15) is 15.5 Å². The summed E-state index contributed by atoms with van der Waals surface area (Å²) in [6, 6.07) is 9.58. The normalized spacial score (nSPS) is 11.3. The highest BCUT2D eigenvalue weighted by Crippen LogP contribution is 2.39. The number of nitrogens with two attached hydrogens (primary N) is 2. The van der Waals surface area contributed by atoms with Gasteiger partial charge >= 0.3 is 0 Å². The smallest absolute Gasteiger partial charge is 0.260 e. The first-order valence-corrected chi connectivity index (χ1v) is 7.71. The number of primary amides is 1. The van der Waals surface area contributed by atoms with Gasteiger partial charge in [0.05, 0.1) is 11.1 Å². The summed E-state index contributed by atoms with van der Waals surface area (Å²) in [7, 11) is 0. The van der Waals surface area contributed by atoms with Gasteiger partial charge in [0, 0.05) is 5.39 Å². The Hall–Kier alpha value is -2.93. The van der Waals surface area contributed by atoms with Gasteiger partial charge in [-0.25, -0.2) is 9.97 Å². The molecule has 7 heteroatoms. The molecule has 3 aromatic heterocycles. The lowest BCUT2D eigenvalue weighted by atomic mass is 10.1. The second-order valence-corrected chi connectivity index (χ2v) is 6.16. The van der Waals surface area contributed by atoms with E-state index >= 15 is 0 Å². The Morgan fingerprint density at radius 2 is 2.04 bits per heavy atom. The van der Waals surface area contributed by atoms with Crippen LogP contribution in [0.3, 0.4) is 0 Å². The van der Waals surface area contributed by atoms with Crippen molar-refractivity contribution < 1.29 is 9.21 Å². The first-order chi connectivity index (χ1) is 11.0. The van der Waals surface area contributed by atoms with Crippen LogP contribution in [0.4, 0.5) is 5.69 Å². The molecule has 1 aromatic carbocycles. The molecular weight excluding hydrogens is 312 g/mol. The van der Waals surface area contributed by atoms with E-state index in [0.29, 0.717) is 33.2 Å². The maximum Gasteiger partial charge on any atom is 0.260 e. The fourth-order valence-electron chi connectivity index (χ4n) is 2.59. The molecule has 0 bridgehead atoms. The topological polar surface area (TPSA) is 108 Å². The number of nitrogens with zero attached hydrogens (tertiary/aromatic N) is 2. The third kappa shape index (κ3) is 2.05. The third-order valence-corrected chi connectivity index (χ3v) is 4.70. The van der Waals surface area contributed by atoms with Crippen molar-refractivity contribution in [2.45, 2.75) is 6.92 Å². The second-order valence-electron chi connectivity index (χ2n) is 5.16. The quantitative estimate of drug-likeness (QED) is 0.589. The number of fused-ring (bicyclic) bond motifs is 2. The summed E-state index contributed by atoms with van der Waals surface area (Å²) >= 11 is 1.17. The molecule has 0 radical (unpaired) electrons. The molecule has 0 spiro atoms. The number of amides is 1. The molecule has 0 aliphatic rings. The van der Waals surface area contributed by atoms with E-state index in [1.54, 1.807) is 6.92 Å². The van der Waals surface area contributed by atoms with Gasteiger partial charge in [-0.15, -0.1) is 11.3 Å². The zero-order valence-corrected chi connectivity index (χ0v) is 13.0. The monoisotopic (exact) mass is 324 g/mol. The minimum atomic E-state index is -0.571. The third-order valence-electron chi connectivity index (χ3n) is 3.58. The summed E-state index contributed by atoms with van der Waals surface area (Å²) in [5.41, 5.74) is 13.1. The summed E-state index contributed by atoms with van der Waals surface area (Å²) in [4.78, 5) is 21.3. The lowest BCUT2D eigenvalue weighted by molar-refractivity contribution is 0.100. The molecule has 3 heterocycles. The molecule has 0 unspecified atom stereocenters. The summed E-state index contributed by atoms with van der Waals surface area (Å²) in [5, 5.41) is 1.57. The summed E-state index contributed by atoms with van der Waals surface area (Å²) in [6.45, 7) is 1.78. The van der Waals surface area contributed by atoms with Crippen LogP contribution < -0.4 is 11.5 Å². The van der Waals surface area contributed by atoms with E-state index < -0.39 is 5.91 Å². The minimum Gasteiger partial charge on any atom is -0.454 e. The lowest BCUT2D eigenvalue weighted by Crippen LogP contribution is -2.10. The second kappa shape index (κ2) is 4.79. The first-order valence-electron chi connectivity index (χ1n) is 6.90. The Kier molecular flexibility index (Phi) is 2.85. The van der Waals surface area contributed by atoms with Crippen LogP contribution in [-0.2, 0) is 0 Å². The SMILES string of the molecule is Cc1nc(-c2cc3ccccc3o2)c2c(N)c(C(N)=O)sc2n1. The van der Waals surface area contributed by atoms with Crippen molar-refractivity contribution in [2.24, 2.45) is 5.73 Å². The van der Waals surface area contributed by atoms with Gasteiger partial charge in [0.25, 0.3) is 5.91 Å². The lowest BCUT2D eigenvalue weighted by Gasteiger charge is -2.02. The van der Waals surface area contributed by atoms with Crippen molar-refractivity contribution in [1.29, 1.82) is 0 Å². The van der Waals surface area contributed by atoms with Crippen LogP contribution in [0.25, 0.3) is 32.6 Å². The molecule has 4 N–H and O–H groups in total. The predicted octanol–water partition coefficient (Wildman–Crippen LogP) is 3.09. The maximum atomic E-state index is 11.5. The van der Waals surface area contributed by atoms with Crippen molar-refractivity contribution in [3.8, 4) is 11.5 Å². The number of hydrogen-bond donors (Lipinski definition) is 2. The molecule has 23 heavy (non-hydrogen) atoms. The molecule has 114 valence electrons. The molecule has 6 nitrogen and oxygen atoms in total. The maximum absolute atomic E-state index is 11.5. The molecule has 0 saturated heterocycles. The van der Waals surface area contributed by atoms with Gasteiger partial charge in [-0.05, 0) is 19.1 Å². The van der Waals surface area contributed by atoms with Gasteiger partial charge in [-0.3, -0.25) is 4.79 Å². The number of hydrogen-bond acceptors (Lipinski definition) is 6. The standard InChI is InChI=1S/C16H12N4O2S/c1-7-19-13(10-6-8-4-2-3-5-9(8)22-10)11-12(17)14(15(18)21)23-16(11)20-7/h2-6H,17H2,1H3,(H2,18,21). The average Bonchev–Trinajstić information content (AvgIpc) is 3.08. The molecule has 0 saturated carbocycles. The number of aryl methyl sites for hydroxylation is 1. The Bertz CT molecular complexity index is 1050. The van der Waals surface area contributed by atoms with Crippen molar-refractivity contribution in [3.05, 3.63) is 41.0 Å². The van der Waals surface area contributed by atoms with Crippen LogP contribution in [0.15, 0.2) is 34.7 Å². The Balaban J connectivity index is 2.07. The molecule has 0 aliphatic heterocycles. The van der Waals surface area contributed by atoms with Crippen LogP contribution in [-0.4, -0.2) is 15.9 Å². The largest absolute Gasteiger partial charge is 0.454 e. The summed E-state index contributed by atoms with van der Waals surface area (Å²) in [5.74, 6) is 0.589. The number of carbonyl (C=O) groups is 1. The molecule has 0 fully saturated rings. The number of nitrogen functional groups attached to an aromatic ring is 1. The highest BCUT2D eigenvalue weighted by Gasteiger charge is 2.21. The van der Waals surface area contributed by atoms with E-state index in [1.165, 1.54) is 11.3 Å². The average molecular weight is 324 g/mol. The summed E-state index contributed by atoms with van der Waals surface area (Å²) < 4.78 is 5.88. The molecular formula is C16H12N4O2S. The Morgan fingerprint density at radius 3 is 2.78 bits per heavy atom. The zero-order chi connectivity index (χ0) is 16.1. The fourth-order valence-corrected chi connectivity index (χ4v) is 3.58. The van der Waals surface area contributed by atoms with Gasteiger partial charge in [0.15, 0.2) is 5.76 Å². The molecule has 4 rings (SSSR count). The Morgan fingerprint density at radius 1 is 1.26 bits per heavy atom. The van der Waals surface area contributed by atoms with Crippen LogP contribution >= 0.6 is 11.3 Å². The number of benzene rings is 1. The highest BCUT2D eigenvalue weighted by molar-refractivity contribution is 7.21. The van der Waals surface area contributed by atoms with Gasteiger partial charge in [0.1, 0.15) is 26.8 Å². The van der Waals surface area contributed by atoms with Crippen LogP contribution in [0.5, 0.6) is 0 Å². The number of furan rings is 1. The van der Waals surface area contributed by atoms with Crippen molar-refractivity contribution in [3.63, 3.8) is 0 Å². The number of rotatable bonds is 2. The molecule has 0 atom stereocenters. The first kappa shape index (κ1) is 13.7. The van der Waals surface area contributed by atoms with Crippen molar-refractivity contribution >= 4 is 44.1 Å². The number of anilines is 1. The van der Waals surface area contributed by atoms with E-state index in [2.05, 4.69) is 9.97 Å². The van der Waals surface area contributed by atoms with Gasteiger partial charge < -0.3 is 15.9 Å². The Labute approximate surface area is 134 Å².